The lowest BCUT2D eigenvalue weighted by Gasteiger charge is -2.23. The highest BCUT2D eigenvalue weighted by Crippen LogP contribution is 2.23. The van der Waals surface area contributed by atoms with Crippen molar-refractivity contribution in [3.05, 3.63) is 114 Å². The number of amides is 2. The van der Waals surface area contributed by atoms with Gasteiger partial charge in [0.05, 0.1) is 7.11 Å². The van der Waals surface area contributed by atoms with E-state index in [1.54, 1.807) is 24.4 Å². The van der Waals surface area contributed by atoms with E-state index >= 15 is 0 Å². The molecule has 5 rings (SSSR count). The molecule has 228 valence electrons. The van der Waals surface area contributed by atoms with E-state index in [1.165, 1.54) is 55.2 Å². The van der Waals surface area contributed by atoms with Crippen molar-refractivity contribution in [2.75, 3.05) is 12.4 Å². The number of pyridine rings is 1. The second-order valence-electron chi connectivity index (χ2n) is 10.8. The summed E-state index contributed by atoms with van der Waals surface area (Å²) >= 11 is 0. The van der Waals surface area contributed by atoms with Gasteiger partial charge in [-0.1, -0.05) is 80.3 Å². The third-order valence-electron chi connectivity index (χ3n) is 7.79. The third-order valence-corrected chi connectivity index (χ3v) is 7.79. The van der Waals surface area contributed by atoms with E-state index < -0.39 is 0 Å². The van der Waals surface area contributed by atoms with Crippen LogP contribution in [0.25, 0.3) is 11.1 Å². The number of ether oxygens (including phenoxy) is 1. The Morgan fingerprint density at radius 3 is 1.98 bits per heavy atom. The zero-order valence-corrected chi connectivity index (χ0v) is 26.3. The minimum atomic E-state index is -0.170. The van der Waals surface area contributed by atoms with Gasteiger partial charge in [-0.25, -0.2) is 4.79 Å². The average Bonchev–Trinajstić information content (AvgIpc) is 3.30. The summed E-state index contributed by atoms with van der Waals surface area (Å²) in [5.41, 5.74) is 6.44. The lowest BCUT2D eigenvalue weighted by molar-refractivity contribution is 0.206. The van der Waals surface area contributed by atoms with Crippen LogP contribution in [0.2, 0.25) is 0 Å². The zero-order chi connectivity index (χ0) is 28.3. The molecule has 6 nitrogen and oxygen atoms in total. The van der Waals surface area contributed by atoms with E-state index in [4.69, 9.17) is 4.74 Å². The molecule has 1 aliphatic rings. The minimum Gasteiger partial charge on any atom is -0.497 e. The van der Waals surface area contributed by atoms with Gasteiger partial charge in [0.1, 0.15) is 5.75 Å². The Kier molecular flexibility index (Phi) is 13.8. The van der Waals surface area contributed by atoms with Gasteiger partial charge in [0, 0.05) is 43.8 Å². The molecule has 1 aromatic heterocycles. The topological polar surface area (TPSA) is 66.5 Å². The summed E-state index contributed by atoms with van der Waals surface area (Å²) in [6.07, 6.45) is 11.6. The maximum atomic E-state index is 13.3. The number of hydrogen-bond donors (Lipinski definition) is 2. The van der Waals surface area contributed by atoms with Gasteiger partial charge in [-0.2, -0.15) is 0 Å². The molecule has 2 N–H and O–H groups in total. The molecule has 0 atom stereocenters. The molecule has 0 bridgehead atoms. The largest absolute Gasteiger partial charge is 0.497 e. The molecule has 8 heteroatoms. The number of anilines is 1. The van der Waals surface area contributed by atoms with Gasteiger partial charge in [0.15, 0.2) is 0 Å². The van der Waals surface area contributed by atoms with E-state index in [0.29, 0.717) is 19.1 Å². The molecule has 1 fully saturated rings. The second-order valence-corrected chi connectivity index (χ2v) is 10.8. The lowest BCUT2D eigenvalue weighted by atomic mass is 10.0. The van der Waals surface area contributed by atoms with Crippen molar-refractivity contribution in [3.8, 4) is 16.9 Å². The number of nitrogens with one attached hydrogen (secondary N) is 2. The highest BCUT2D eigenvalue weighted by Gasteiger charge is 2.16. The second kappa shape index (κ2) is 17.5. The van der Waals surface area contributed by atoms with E-state index in [2.05, 4.69) is 64.1 Å². The summed E-state index contributed by atoms with van der Waals surface area (Å²) in [5.74, 6) is 0.747. The van der Waals surface area contributed by atoms with Crippen LogP contribution in [-0.4, -0.2) is 29.1 Å². The number of aromatic nitrogens is 1. The number of hydrogen-bond acceptors (Lipinski definition) is 4. The number of nitrogens with zero attached hydrogens (tertiary/aromatic N) is 2. The Bertz CT molecular complexity index is 1360. The zero-order valence-electron chi connectivity index (χ0n) is 24.7. The smallest absolute Gasteiger partial charge is 0.322 e. The number of carbonyl (C=O) groups is 1. The van der Waals surface area contributed by atoms with Gasteiger partial charge in [0.25, 0.3) is 0 Å². The predicted molar refractivity (Wildman–Crippen MR) is 180 cm³/mol. The van der Waals surface area contributed by atoms with Crippen LogP contribution >= 0.6 is 24.8 Å². The number of urea groups is 1. The van der Waals surface area contributed by atoms with E-state index in [1.807, 2.05) is 36.4 Å². The van der Waals surface area contributed by atoms with Gasteiger partial charge in [-0.15, -0.1) is 24.8 Å². The molecule has 0 spiro atoms. The molecule has 0 aliphatic heterocycles. The maximum Gasteiger partial charge on any atom is 0.322 e. The first-order valence-electron chi connectivity index (χ1n) is 14.7. The van der Waals surface area contributed by atoms with Gasteiger partial charge in [-0.3, -0.25) is 4.98 Å². The number of rotatable bonds is 10. The fourth-order valence-corrected chi connectivity index (χ4v) is 5.37. The van der Waals surface area contributed by atoms with E-state index in [0.717, 1.165) is 29.1 Å². The molecule has 2 amide bonds. The molecule has 1 heterocycles. The van der Waals surface area contributed by atoms with Crippen molar-refractivity contribution < 1.29 is 9.53 Å². The molecule has 1 aliphatic carbocycles. The number of methoxy groups -OCH3 is 1. The van der Waals surface area contributed by atoms with Crippen LogP contribution in [0.1, 0.15) is 55.2 Å². The van der Waals surface area contributed by atoms with Gasteiger partial charge in [0.2, 0.25) is 0 Å². The van der Waals surface area contributed by atoms with Crippen molar-refractivity contribution in [3.63, 3.8) is 0 Å². The Morgan fingerprint density at radius 2 is 1.40 bits per heavy atom. The van der Waals surface area contributed by atoms with Crippen molar-refractivity contribution >= 4 is 36.5 Å². The van der Waals surface area contributed by atoms with Crippen LogP contribution in [0.3, 0.4) is 0 Å². The van der Waals surface area contributed by atoms with Crippen molar-refractivity contribution in [2.45, 2.75) is 64.2 Å². The summed E-state index contributed by atoms with van der Waals surface area (Å²) in [6, 6.07) is 29.1. The van der Waals surface area contributed by atoms with Crippen LogP contribution in [-0.2, 0) is 19.6 Å². The van der Waals surface area contributed by atoms with Crippen LogP contribution in [0.4, 0.5) is 10.5 Å². The normalized spacial score (nSPS) is 13.1. The summed E-state index contributed by atoms with van der Waals surface area (Å²) in [6.45, 7) is 1.85. The average molecular weight is 622 g/mol. The van der Waals surface area contributed by atoms with Gasteiger partial charge < -0.3 is 20.3 Å². The first kappa shape index (κ1) is 33.9. The first-order valence-corrected chi connectivity index (χ1v) is 14.7. The molecule has 4 aromatic rings. The predicted octanol–water partition coefficient (Wildman–Crippen LogP) is 8.65. The number of carbonyl (C=O) groups excluding carboxylic acids is 1. The molecule has 0 radical (unpaired) electrons. The Morgan fingerprint density at radius 1 is 0.791 bits per heavy atom. The number of benzene rings is 3. The van der Waals surface area contributed by atoms with E-state index in [9.17, 15) is 4.79 Å². The van der Waals surface area contributed by atoms with Crippen LogP contribution in [0, 0.1) is 0 Å². The van der Waals surface area contributed by atoms with Gasteiger partial charge >= 0.3 is 6.03 Å². The van der Waals surface area contributed by atoms with Crippen molar-refractivity contribution in [1.29, 1.82) is 0 Å². The van der Waals surface area contributed by atoms with Crippen LogP contribution < -0.4 is 15.4 Å². The summed E-state index contributed by atoms with van der Waals surface area (Å²) in [5, 5.41) is 6.78. The summed E-state index contributed by atoms with van der Waals surface area (Å²) in [7, 11) is 1.63. The van der Waals surface area contributed by atoms with Crippen molar-refractivity contribution in [1.82, 2.24) is 15.2 Å². The van der Waals surface area contributed by atoms with Crippen LogP contribution in [0.5, 0.6) is 5.75 Å². The molecule has 1 saturated carbocycles. The van der Waals surface area contributed by atoms with Crippen LogP contribution in [0.15, 0.2) is 97.3 Å². The Labute approximate surface area is 268 Å². The molecular weight excluding hydrogens is 579 g/mol. The molecular formula is C35H42Cl2N4O2. The maximum absolute atomic E-state index is 13.3. The van der Waals surface area contributed by atoms with Crippen molar-refractivity contribution in [2.24, 2.45) is 0 Å². The number of halogens is 2. The molecule has 43 heavy (non-hydrogen) atoms. The Hall–Kier alpha value is -3.58. The monoisotopic (exact) mass is 620 g/mol. The quantitative estimate of drug-likeness (QED) is 0.174. The standard InChI is InChI=1S/C35H40N4O2.2ClH/c1-41-34-20-18-33(19-21-34)38-35(40)39(26-29-7-6-22-36-23-29)25-28-12-16-31(17-13-28)30-14-10-27(11-15-30)24-37-32-8-4-2-3-5-9-32;;/h6-7,10-23,32,37H,2-5,8-9,24-26H2,1H3,(H,38,40);2*1H. The highest BCUT2D eigenvalue weighted by molar-refractivity contribution is 5.89. The fourth-order valence-electron chi connectivity index (χ4n) is 5.37. The van der Waals surface area contributed by atoms with E-state index in [-0.39, 0.29) is 30.8 Å². The fraction of sp³-hybridized carbons (Fsp3) is 0.314. The summed E-state index contributed by atoms with van der Waals surface area (Å²) < 4.78 is 5.23. The Balaban J connectivity index is 0.00000253. The first-order chi connectivity index (χ1) is 20.2. The SMILES string of the molecule is COc1ccc(NC(=O)N(Cc2ccc(-c3ccc(CNC4CCCCCC4)cc3)cc2)Cc2cccnc2)cc1.Cl.Cl. The van der Waals surface area contributed by atoms with Gasteiger partial charge in [-0.05, 0) is 71.0 Å². The molecule has 0 saturated heterocycles. The molecule has 0 unspecified atom stereocenters. The molecule has 3 aromatic carbocycles. The minimum absolute atomic E-state index is 0. The highest BCUT2D eigenvalue weighted by atomic mass is 35.5. The lowest BCUT2D eigenvalue weighted by Crippen LogP contribution is -2.34. The summed E-state index contributed by atoms with van der Waals surface area (Å²) in [4.78, 5) is 19.3. The third kappa shape index (κ3) is 10.3.